The molecule has 1 aliphatic rings. The molecule has 0 aliphatic carbocycles. The van der Waals surface area contributed by atoms with E-state index < -0.39 is 0 Å². The van der Waals surface area contributed by atoms with Crippen LogP contribution in [-0.4, -0.2) is 51.1 Å². The summed E-state index contributed by atoms with van der Waals surface area (Å²) in [7, 11) is 1.85. The van der Waals surface area contributed by atoms with Crippen LogP contribution >= 0.6 is 12.2 Å². The van der Waals surface area contributed by atoms with E-state index >= 15 is 0 Å². The normalized spacial score (nSPS) is 14.8. The van der Waals surface area contributed by atoms with E-state index in [1.54, 1.807) is 4.57 Å². The summed E-state index contributed by atoms with van der Waals surface area (Å²) in [5.41, 5.74) is 0.726. The molecule has 0 spiro atoms. The summed E-state index contributed by atoms with van der Waals surface area (Å²) in [6, 6.07) is 13.7. The van der Waals surface area contributed by atoms with Crippen molar-refractivity contribution in [3.8, 4) is 0 Å². The lowest BCUT2D eigenvalue weighted by atomic mass is 9.94. The molecule has 2 N–H and O–H groups in total. The Kier molecular flexibility index (Phi) is 5.94. The molecule has 4 rings (SSSR count). The molecule has 8 heteroatoms. The maximum absolute atomic E-state index is 13.1. The highest BCUT2D eigenvalue weighted by molar-refractivity contribution is 7.71. The lowest BCUT2D eigenvalue weighted by molar-refractivity contribution is -0.126. The molecule has 1 fully saturated rings. The molecule has 0 saturated carbocycles. The van der Waals surface area contributed by atoms with Gasteiger partial charge in [0.15, 0.2) is 4.77 Å². The Morgan fingerprint density at radius 2 is 1.90 bits per heavy atom. The molecule has 1 aliphatic heterocycles. The molecule has 7 nitrogen and oxygen atoms in total. The number of rotatable bonds is 5. The number of likely N-dealkylation sites (tertiary alicyclic amines) is 1. The van der Waals surface area contributed by atoms with Gasteiger partial charge in [-0.1, -0.05) is 36.4 Å². The predicted octanol–water partition coefficient (Wildman–Crippen LogP) is 2.84. The monoisotopic (exact) mass is 423 g/mol. The number of benzene rings is 2. The molecule has 2 amide bonds. The van der Waals surface area contributed by atoms with Gasteiger partial charge in [0, 0.05) is 44.6 Å². The molecular weight excluding hydrogens is 398 g/mol. The number of nitrogens with zero attached hydrogens (tertiary/aromatic N) is 3. The standard InChI is InChI=1S/C22H25N5O2S/c1-26-19(24-25-22(26)30)9-12-23-20(28)16-10-13-27(14-11-16)21(29)18-8-4-6-15-5-2-3-7-17(15)18/h2-8,16H,9-14H2,1H3,(H,23,28)(H,25,30). The second-order valence-corrected chi connectivity index (χ2v) is 8.02. The van der Waals surface area contributed by atoms with Crippen molar-refractivity contribution in [3.05, 3.63) is 58.6 Å². The number of nitrogens with one attached hydrogen (secondary N) is 2. The first-order chi connectivity index (χ1) is 14.5. The summed E-state index contributed by atoms with van der Waals surface area (Å²) >= 11 is 5.10. The topological polar surface area (TPSA) is 83.0 Å². The summed E-state index contributed by atoms with van der Waals surface area (Å²) < 4.78 is 2.37. The molecule has 30 heavy (non-hydrogen) atoms. The molecule has 0 bridgehead atoms. The minimum absolute atomic E-state index is 0.0383. The summed E-state index contributed by atoms with van der Waals surface area (Å²) in [4.78, 5) is 27.4. The van der Waals surface area contributed by atoms with Gasteiger partial charge < -0.3 is 14.8 Å². The second-order valence-electron chi connectivity index (χ2n) is 7.64. The van der Waals surface area contributed by atoms with Gasteiger partial charge in [0.25, 0.3) is 5.91 Å². The molecule has 3 aromatic rings. The number of hydrogen-bond donors (Lipinski definition) is 2. The van der Waals surface area contributed by atoms with Crippen molar-refractivity contribution in [3.63, 3.8) is 0 Å². The number of carbonyl (C=O) groups is 2. The average molecular weight is 424 g/mol. The lowest BCUT2D eigenvalue weighted by Gasteiger charge is -2.31. The first-order valence-electron chi connectivity index (χ1n) is 10.2. The zero-order valence-corrected chi connectivity index (χ0v) is 17.7. The van der Waals surface area contributed by atoms with Crippen LogP contribution in [0.25, 0.3) is 10.8 Å². The molecule has 0 unspecified atom stereocenters. The first-order valence-corrected chi connectivity index (χ1v) is 10.6. The van der Waals surface area contributed by atoms with Crippen molar-refractivity contribution in [1.82, 2.24) is 25.0 Å². The van der Waals surface area contributed by atoms with E-state index in [1.807, 2.05) is 54.4 Å². The third-order valence-corrected chi connectivity index (χ3v) is 6.16. The number of fused-ring (bicyclic) bond motifs is 1. The number of carbonyl (C=O) groups excluding carboxylic acids is 2. The summed E-state index contributed by atoms with van der Waals surface area (Å²) in [5, 5.41) is 11.9. The van der Waals surface area contributed by atoms with E-state index in [0.29, 0.717) is 43.7 Å². The van der Waals surface area contributed by atoms with Gasteiger partial charge in [-0.25, -0.2) is 0 Å². The number of amides is 2. The van der Waals surface area contributed by atoms with Crippen LogP contribution in [-0.2, 0) is 18.3 Å². The van der Waals surface area contributed by atoms with E-state index in [9.17, 15) is 9.59 Å². The molecule has 0 radical (unpaired) electrons. The molecule has 2 aromatic carbocycles. The van der Waals surface area contributed by atoms with Crippen LogP contribution in [0, 0.1) is 10.7 Å². The Morgan fingerprint density at radius 1 is 1.17 bits per heavy atom. The zero-order chi connectivity index (χ0) is 21.1. The van der Waals surface area contributed by atoms with E-state index in [-0.39, 0.29) is 17.7 Å². The number of aromatic amines is 1. The highest BCUT2D eigenvalue weighted by Gasteiger charge is 2.28. The van der Waals surface area contributed by atoms with Crippen LogP contribution in [0.2, 0.25) is 0 Å². The second kappa shape index (κ2) is 8.79. The Balaban J connectivity index is 1.31. The van der Waals surface area contributed by atoms with Crippen LogP contribution in [0.1, 0.15) is 29.0 Å². The van der Waals surface area contributed by atoms with Gasteiger partial charge in [0.2, 0.25) is 5.91 Å². The maximum atomic E-state index is 13.1. The predicted molar refractivity (Wildman–Crippen MR) is 118 cm³/mol. The van der Waals surface area contributed by atoms with Crippen LogP contribution < -0.4 is 5.32 Å². The minimum Gasteiger partial charge on any atom is -0.355 e. The molecule has 0 atom stereocenters. The number of hydrogen-bond acceptors (Lipinski definition) is 4. The van der Waals surface area contributed by atoms with Gasteiger partial charge in [0.1, 0.15) is 5.82 Å². The first kappa shape index (κ1) is 20.3. The number of H-pyrrole nitrogens is 1. The smallest absolute Gasteiger partial charge is 0.254 e. The minimum atomic E-state index is -0.0657. The SMILES string of the molecule is Cn1c(CCNC(=O)C2CCN(C(=O)c3cccc4ccccc34)CC2)n[nH]c1=S. The van der Waals surface area contributed by atoms with Gasteiger partial charge in [-0.15, -0.1) is 0 Å². The van der Waals surface area contributed by atoms with Gasteiger partial charge in [-0.3, -0.25) is 14.7 Å². The van der Waals surface area contributed by atoms with Crippen LogP contribution in [0.15, 0.2) is 42.5 Å². The fourth-order valence-electron chi connectivity index (χ4n) is 3.97. The van der Waals surface area contributed by atoms with Crippen LogP contribution in [0.5, 0.6) is 0 Å². The lowest BCUT2D eigenvalue weighted by Crippen LogP contribution is -2.43. The van der Waals surface area contributed by atoms with Gasteiger partial charge in [0.05, 0.1) is 0 Å². The van der Waals surface area contributed by atoms with E-state index in [2.05, 4.69) is 15.5 Å². The molecule has 2 heterocycles. The fourth-order valence-corrected chi connectivity index (χ4v) is 4.12. The Bertz CT molecular complexity index is 1120. The largest absolute Gasteiger partial charge is 0.355 e. The van der Waals surface area contributed by atoms with Gasteiger partial charge in [-0.2, -0.15) is 5.10 Å². The van der Waals surface area contributed by atoms with Crippen LogP contribution in [0.4, 0.5) is 0 Å². The van der Waals surface area contributed by atoms with Gasteiger partial charge >= 0.3 is 0 Å². The Labute approximate surface area is 180 Å². The van der Waals surface area contributed by atoms with Crippen molar-refractivity contribution in [2.75, 3.05) is 19.6 Å². The van der Waals surface area contributed by atoms with Crippen molar-refractivity contribution in [1.29, 1.82) is 0 Å². The summed E-state index contributed by atoms with van der Waals surface area (Å²) in [5.74, 6) is 0.834. The number of piperidine rings is 1. The quantitative estimate of drug-likeness (QED) is 0.618. The summed E-state index contributed by atoms with van der Waals surface area (Å²) in [6.45, 7) is 1.70. The molecular formula is C22H25N5O2S. The fraction of sp³-hybridized carbons (Fsp3) is 0.364. The van der Waals surface area contributed by atoms with Crippen molar-refractivity contribution in [2.45, 2.75) is 19.3 Å². The molecule has 1 saturated heterocycles. The highest BCUT2D eigenvalue weighted by Crippen LogP contribution is 2.23. The van der Waals surface area contributed by atoms with Gasteiger partial charge in [-0.05, 0) is 41.9 Å². The summed E-state index contributed by atoms with van der Waals surface area (Å²) in [6.07, 6.45) is 1.97. The molecule has 156 valence electrons. The third kappa shape index (κ3) is 4.14. The molecule has 1 aromatic heterocycles. The maximum Gasteiger partial charge on any atom is 0.254 e. The van der Waals surface area contributed by atoms with Crippen LogP contribution in [0.3, 0.4) is 0 Å². The Hall–Kier alpha value is -3.00. The van der Waals surface area contributed by atoms with Crippen molar-refractivity contribution in [2.24, 2.45) is 13.0 Å². The van der Waals surface area contributed by atoms with Crippen molar-refractivity contribution >= 4 is 34.8 Å². The number of aromatic nitrogens is 3. The zero-order valence-electron chi connectivity index (χ0n) is 16.9. The van der Waals surface area contributed by atoms with E-state index in [0.717, 1.165) is 22.2 Å². The Morgan fingerprint density at radius 3 is 2.63 bits per heavy atom. The average Bonchev–Trinajstić information content (AvgIpc) is 3.10. The highest BCUT2D eigenvalue weighted by atomic mass is 32.1. The van der Waals surface area contributed by atoms with E-state index in [4.69, 9.17) is 12.2 Å². The van der Waals surface area contributed by atoms with Crippen molar-refractivity contribution < 1.29 is 9.59 Å². The van der Waals surface area contributed by atoms with E-state index in [1.165, 1.54) is 0 Å². The third-order valence-electron chi connectivity index (χ3n) is 5.79.